The van der Waals surface area contributed by atoms with Crippen molar-refractivity contribution in [2.75, 3.05) is 26.4 Å². The van der Waals surface area contributed by atoms with Crippen LogP contribution in [-0.4, -0.2) is 48.2 Å². The second kappa shape index (κ2) is 11.1. The third-order valence-corrected chi connectivity index (χ3v) is 7.79. The first-order valence-corrected chi connectivity index (χ1v) is 13.3. The lowest BCUT2D eigenvalue weighted by Crippen LogP contribution is -2.47. The molecule has 2 aliphatic rings. The number of rotatable bonds is 7. The minimum absolute atomic E-state index is 0.161. The Balaban J connectivity index is 1.31. The van der Waals surface area contributed by atoms with Crippen LogP contribution in [0.2, 0.25) is 0 Å². The van der Waals surface area contributed by atoms with Crippen molar-refractivity contribution >= 4 is 16.9 Å². The van der Waals surface area contributed by atoms with Gasteiger partial charge in [0, 0.05) is 47.6 Å². The summed E-state index contributed by atoms with van der Waals surface area (Å²) in [5, 5.41) is 0.915. The minimum Gasteiger partial charge on any atom is -0.477 e. The van der Waals surface area contributed by atoms with Gasteiger partial charge in [-0.25, -0.2) is 4.79 Å². The number of aryl methyl sites for hydroxylation is 2. The Bertz CT molecular complexity index is 1330. The molecule has 7 heteroatoms. The van der Waals surface area contributed by atoms with E-state index in [1.807, 2.05) is 13.8 Å². The number of fused-ring (bicyclic) bond motifs is 2. The van der Waals surface area contributed by atoms with E-state index >= 15 is 0 Å². The SMILES string of the molecule is CCOC(=O)CCc1c(C)c2cc3c(c(C)c2oc1=O)OCN(C1CCN(Cc2ccccc2)CC1)C3. The van der Waals surface area contributed by atoms with E-state index in [0.717, 1.165) is 66.8 Å². The number of esters is 1. The van der Waals surface area contributed by atoms with E-state index in [4.69, 9.17) is 13.9 Å². The largest absolute Gasteiger partial charge is 0.477 e. The van der Waals surface area contributed by atoms with Crippen LogP contribution in [0.25, 0.3) is 11.0 Å². The van der Waals surface area contributed by atoms with Gasteiger partial charge in [-0.05, 0) is 70.3 Å². The summed E-state index contributed by atoms with van der Waals surface area (Å²) in [6.07, 6.45) is 2.70. The van der Waals surface area contributed by atoms with Crippen molar-refractivity contribution in [1.29, 1.82) is 0 Å². The molecule has 5 rings (SSSR count). The number of nitrogens with zero attached hydrogens (tertiary/aromatic N) is 2. The number of hydrogen-bond acceptors (Lipinski definition) is 7. The predicted molar refractivity (Wildman–Crippen MR) is 143 cm³/mol. The number of hydrogen-bond donors (Lipinski definition) is 0. The van der Waals surface area contributed by atoms with Crippen LogP contribution in [-0.2, 0) is 29.0 Å². The van der Waals surface area contributed by atoms with Crippen molar-refractivity contribution in [1.82, 2.24) is 9.80 Å². The van der Waals surface area contributed by atoms with Crippen molar-refractivity contribution < 1.29 is 18.7 Å². The van der Waals surface area contributed by atoms with E-state index in [0.29, 0.717) is 36.9 Å². The summed E-state index contributed by atoms with van der Waals surface area (Å²) in [4.78, 5) is 29.6. The summed E-state index contributed by atoms with van der Waals surface area (Å²) in [7, 11) is 0. The maximum atomic E-state index is 12.8. The van der Waals surface area contributed by atoms with Gasteiger partial charge in [-0.15, -0.1) is 0 Å². The first kappa shape index (κ1) is 25.5. The van der Waals surface area contributed by atoms with E-state index in [1.165, 1.54) is 5.56 Å². The Morgan fingerprint density at radius 2 is 1.86 bits per heavy atom. The van der Waals surface area contributed by atoms with Gasteiger partial charge in [0.25, 0.3) is 0 Å². The molecule has 37 heavy (non-hydrogen) atoms. The Labute approximate surface area is 218 Å². The second-order valence-electron chi connectivity index (χ2n) is 10.2. The fourth-order valence-electron chi connectivity index (χ4n) is 5.73. The number of ether oxygens (including phenoxy) is 2. The third-order valence-electron chi connectivity index (χ3n) is 7.79. The highest BCUT2D eigenvalue weighted by molar-refractivity contribution is 5.87. The van der Waals surface area contributed by atoms with Crippen LogP contribution in [0.3, 0.4) is 0 Å². The van der Waals surface area contributed by atoms with Crippen LogP contribution in [0.5, 0.6) is 5.75 Å². The highest BCUT2D eigenvalue weighted by atomic mass is 16.5. The van der Waals surface area contributed by atoms with Crippen LogP contribution in [0.1, 0.15) is 54.0 Å². The molecule has 7 nitrogen and oxygen atoms in total. The van der Waals surface area contributed by atoms with E-state index in [1.54, 1.807) is 6.92 Å². The van der Waals surface area contributed by atoms with Crippen LogP contribution >= 0.6 is 0 Å². The number of carbonyl (C=O) groups excluding carboxylic acids is 1. The maximum absolute atomic E-state index is 12.8. The molecule has 0 unspecified atom stereocenters. The lowest BCUT2D eigenvalue weighted by Gasteiger charge is -2.40. The van der Waals surface area contributed by atoms with Crippen LogP contribution in [0, 0.1) is 13.8 Å². The number of piperidine rings is 1. The highest BCUT2D eigenvalue weighted by Gasteiger charge is 2.30. The van der Waals surface area contributed by atoms with Crippen LogP contribution < -0.4 is 10.4 Å². The molecule has 1 fully saturated rings. The molecule has 0 bridgehead atoms. The Hall–Kier alpha value is -3.16. The summed E-state index contributed by atoms with van der Waals surface area (Å²) in [5.41, 5.74) is 4.94. The van der Waals surface area contributed by atoms with Crippen molar-refractivity contribution in [3.8, 4) is 5.75 Å². The van der Waals surface area contributed by atoms with Crippen LogP contribution in [0.15, 0.2) is 45.6 Å². The van der Waals surface area contributed by atoms with Gasteiger partial charge >= 0.3 is 11.6 Å². The summed E-state index contributed by atoms with van der Waals surface area (Å²) in [6, 6.07) is 13.3. The molecule has 3 heterocycles. The number of carbonyl (C=O) groups is 1. The molecular formula is C30H36N2O5. The van der Waals surface area contributed by atoms with Gasteiger partial charge in [-0.3, -0.25) is 14.6 Å². The van der Waals surface area contributed by atoms with Gasteiger partial charge in [0.1, 0.15) is 18.1 Å². The molecule has 1 aromatic heterocycles. The average molecular weight is 505 g/mol. The zero-order valence-electron chi connectivity index (χ0n) is 22.0. The zero-order chi connectivity index (χ0) is 25.9. The summed E-state index contributed by atoms with van der Waals surface area (Å²) in [5.74, 6) is 0.522. The first-order valence-electron chi connectivity index (χ1n) is 13.3. The zero-order valence-corrected chi connectivity index (χ0v) is 22.0. The fourth-order valence-corrected chi connectivity index (χ4v) is 5.73. The van der Waals surface area contributed by atoms with E-state index in [2.05, 4.69) is 46.2 Å². The molecule has 0 aliphatic carbocycles. The lowest BCUT2D eigenvalue weighted by atomic mass is 9.96. The fraction of sp³-hybridized carbons (Fsp3) is 0.467. The van der Waals surface area contributed by atoms with Crippen molar-refractivity contribution in [2.45, 2.75) is 65.6 Å². The van der Waals surface area contributed by atoms with Gasteiger partial charge in [0.15, 0.2) is 0 Å². The van der Waals surface area contributed by atoms with E-state index in [-0.39, 0.29) is 12.4 Å². The minimum atomic E-state index is -0.392. The Morgan fingerprint density at radius 1 is 1.11 bits per heavy atom. The number of likely N-dealkylation sites (tertiary alicyclic amines) is 1. The molecule has 196 valence electrons. The molecule has 0 N–H and O–H groups in total. The van der Waals surface area contributed by atoms with Crippen molar-refractivity contribution in [2.24, 2.45) is 0 Å². The molecule has 0 atom stereocenters. The maximum Gasteiger partial charge on any atom is 0.339 e. The molecular weight excluding hydrogens is 468 g/mol. The topological polar surface area (TPSA) is 72.2 Å². The van der Waals surface area contributed by atoms with E-state index < -0.39 is 5.63 Å². The van der Waals surface area contributed by atoms with Gasteiger partial charge in [-0.2, -0.15) is 0 Å². The highest BCUT2D eigenvalue weighted by Crippen LogP contribution is 2.37. The molecule has 0 spiro atoms. The lowest BCUT2D eigenvalue weighted by molar-refractivity contribution is -0.143. The van der Waals surface area contributed by atoms with E-state index in [9.17, 15) is 9.59 Å². The molecule has 1 saturated heterocycles. The second-order valence-corrected chi connectivity index (χ2v) is 10.2. The van der Waals surface area contributed by atoms with Gasteiger partial charge in [0.05, 0.1) is 6.61 Å². The summed E-state index contributed by atoms with van der Waals surface area (Å²) in [6.45, 7) is 10.5. The first-order chi connectivity index (χ1) is 17.9. The Kier molecular flexibility index (Phi) is 7.63. The van der Waals surface area contributed by atoms with Crippen LogP contribution in [0.4, 0.5) is 0 Å². The summed E-state index contributed by atoms with van der Waals surface area (Å²) < 4.78 is 17.0. The monoisotopic (exact) mass is 504 g/mol. The molecule has 0 radical (unpaired) electrons. The van der Waals surface area contributed by atoms with Gasteiger partial charge in [0.2, 0.25) is 0 Å². The van der Waals surface area contributed by atoms with Crippen molar-refractivity contribution in [3.05, 3.63) is 74.6 Å². The molecule has 2 aliphatic heterocycles. The number of benzene rings is 2. The molecule has 3 aromatic rings. The summed E-state index contributed by atoms with van der Waals surface area (Å²) >= 11 is 0. The average Bonchev–Trinajstić information content (AvgIpc) is 2.90. The third kappa shape index (κ3) is 5.43. The Morgan fingerprint density at radius 3 is 2.59 bits per heavy atom. The van der Waals surface area contributed by atoms with Crippen molar-refractivity contribution in [3.63, 3.8) is 0 Å². The quantitative estimate of drug-likeness (QED) is 0.340. The smallest absolute Gasteiger partial charge is 0.339 e. The molecule has 0 amide bonds. The van der Waals surface area contributed by atoms with Gasteiger partial charge in [-0.1, -0.05) is 30.3 Å². The van der Waals surface area contributed by atoms with Gasteiger partial charge < -0.3 is 13.9 Å². The predicted octanol–water partition coefficient (Wildman–Crippen LogP) is 4.72. The normalized spacial score (nSPS) is 16.9. The standard InChI is InChI=1S/C30H36N2O5/c1-4-35-27(33)11-10-25-20(2)26-16-23-18-32(19-36-28(23)21(3)29(26)37-30(25)34)24-12-14-31(15-13-24)17-22-8-6-5-7-9-22/h5-9,16,24H,4,10-15,17-19H2,1-3H3. The molecule has 2 aromatic carbocycles. The molecule has 0 saturated carbocycles.